The number of sulfonamides is 1. The summed E-state index contributed by atoms with van der Waals surface area (Å²) in [4.78, 5) is 23.8. The fourth-order valence-electron chi connectivity index (χ4n) is 2.66. The zero-order chi connectivity index (χ0) is 21.2. The molecule has 0 aliphatic carbocycles. The fraction of sp³-hybridized carbons (Fsp3) is 0.263. The monoisotopic (exact) mass is 482 g/mol. The summed E-state index contributed by atoms with van der Waals surface area (Å²) in [6, 6.07) is 9.23. The van der Waals surface area contributed by atoms with Crippen LogP contribution in [0, 0.1) is 6.92 Å². The third-order valence-corrected chi connectivity index (χ3v) is 6.09. The van der Waals surface area contributed by atoms with Crippen LogP contribution in [-0.2, 0) is 26.1 Å². The number of anilines is 1. The van der Waals surface area contributed by atoms with Crippen molar-refractivity contribution in [2.24, 2.45) is 0 Å². The average molecular weight is 483 g/mol. The Hall–Kier alpha value is -2.59. The Bertz CT molecular complexity index is 1230. The van der Waals surface area contributed by atoms with Crippen molar-refractivity contribution in [3.63, 3.8) is 0 Å². The molecule has 0 spiro atoms. The standard InChI is InChI=1S/C19H19BrN2O6S/c1-3-8-27-18(23)11-22-16-7-5-13(10-17(16)28-19(22)24)29(25,26)21-15-6-4-12(2)9-14(15)20/h4-7,9-10,21H,3,8,11H2,1-2H3. The van der Waals surface area contributed by atoms with Gasteiger partial charge in [0, 0.05) is 10.5 Å². The van der Waals surface area contributed by atoms with Crippen LogP contribution in [0.4, 0.5) is 5.69 Å². The lowest BCUT2D eigenvalue weighted by Crippen LogP contribution is -2.21. The summed E-state index contributed by atoms with van der Waals surface area (Å²) in [7, 11) is -3.92. The van der Waals surface area contributed by atoms with Crippen LogP contribution < -0.4 is 10.5 Å². The molecule has 0 amide bonds. The molecule has 154 valence electrons. The van der Waals surface area contributed by atoms with Crippen molar-refractivity contribution in [2.45, 2.75) is 31.7 Å². The highest BCUT2D eigenvalue weighted by molar-refractivity contribution is 9.10. The number of carbonyl (C=O) groups is 1. The molecule has 8 nitrogen and oxygen atoms in total. The summed E-state index contributed by atoms with van der Waals surface area (Å²) < 4.78 is 39.8. The Labute approximate surface area is 175 Å². The van der Waals surface area contributed by atoms with E-state index >= 15 is 0 Å². The number of carbonyl (C=O) groups excluding carboxylic acids is 1. The lowest BCUT2D eigenvalue weighted by Gasteiger charge is -2.10. The quantitative estimate of drug-likeness (QED) is 0.516. The molecule has 0 fully saturated rings. The highest BCUT2D eigenvalue weighted by atomic mass is 79.9. The molecule has 0 saturated heterocycles. The SMILES string of the molecule is CCCOC(=O)Cn1c(=O)oc2cc(S(=O)(=O)Nc3ccc(C)cc3Br)ccc21. The van der Waals surface area contributed by atoms with Crippen molar-refractivity contribution in [3.8, 4) is 0 Å². The first-order chi connectivity index (χ1) is 13.7. The molecule has 3 aromatic rings. The summed E-state index contributed by atoms with van der Waals surface area (Å²) >= 11 is 3.33. The fourth-order valence-corrected chi connectivity index (χ4v) is 4.48. The number of fused-ring (bicyclic) bond motifs is 1. The van der Waals surface area contributed by atoms with E-state index in [1.165, 1.54) is 18.2 Å². The van der Waals surface area contributed by atoms with E-state index in [4.69, 9.17) is 9.15 Å². The van der Waals surface area contributed by atoms with Gasteiger partial charge in [-0.15, -0.1) is 0 Å². The number of rotatable bonds is 7. The second-order valence-electron chi connectivity index (χ2n) is 6.39. The predicted octanol–water partition coefficient (Wildman–Crippen LogP) is 3.42. The van der Waals surface area contributed by atoms with Crippen LogP contribution >= 0.6 is 15.9 Å². The minimum absolute atomic E-state index is 0.0594. The van der Waals surface area contributed by atoms with Crippen LogP contribution in [0.15, 0.2) is 55.0 Å². The zero-order valence-corrected chi connectivity index (χ0v) is 18.2. The molecule has 1 heterocycles. The number of oxazole rings is 1. The van der Waals surface area contributed by atoms with E-state index in [1.807, 2.05) is 13.8 Å². The van der Waals surface area contributed by atoms with Gasteiger partial charge in [-0.3, -0.25) is 14.1 Å². The Kier molecular flexibility index (Phi) is 6.13. The van der Waals surface area contributed by atoms with Crippen molar-refractivity contribution < 1.29 is 22.4 Å². The van der Waals surface area contributed by atoms with Crippen molar-refractivity contribution >= 4 is 48.7 Å². The molecule has 0 atom stereocenters. The Balaban J connectivity index is 1.91. The van der Waals surface area contributed by atoms with E-state index in [9.17, 15) is 18.0 Å². The molecule has 0 aliphatic rings. The summed E-state index contributed by atoms with van der Waals surface area (Å²) in [5.41, 5.74) is 1.72. The maximum atomic E-state index is 12.7. The Morgan fingerprint density at radius 2 is 2.00 bits per heavy atom. The second-order valence-corrected chi connectivity index (χ2v) is 8.93. The van der Waals surface area contributed by atoms with Gasteiger partial charge in [0.2, 0.25) is 0 Å². The third-order valence-electron chi connectivity index (χ3n) is 4.07. The number of hydrogen-bond acceptors (Lipinski definition) is 6. The number of aryl methyl sites for hydroxylation is 1. The van der Waals surface area contributed by atoms with Crippen LogP contribution in [-0.4, -0.2) is 25.6 Å². The number of hydrogen-bond donors (Lipinski definition) is 1. The molecule has 1 N–H and O–H groups in total. The molecular formula is C19H19BrN2O6S. The van der Waals surface area contributed by atoms with Crippen LogP contribution in [0.2, 0.25) is 0 Å². The summed E-state index contributed by atoms with van der Waals surface area (Å²) in [6.45, 7) is 3.69. The number of nitrogens with zero attached hydrogens (tertiary/aromatic N) is 1. The first-order valence-corrected chi connectivity index (χ1v) is 11.1. The summed E-state index contributed by atoms with van der Waals surface area (Å²) in [5, 5.41) is 0. The van der Waals surface area contributed by atoms with Gasteiger partial charge in [-0.2, -0.15) is 0 Å². The largest absolute Gasteiger partial charge is 0.464 e. The number of halogens is 1. The highest BCUT2D eigenvalue weighted by Crippen LogP contribution is 2.27. The summed E-state index contributed by atoms with van der Waals surface area (Å²) in [6.07, 6.45) is 0.665. The van der Waals surface area contributed by atoms with Crippen LogP contribution in [0.1, 0.15) is 18.9 Å². The maximum Gasteiger partial charge on any atom is 0.420 e. The van der Waals surface area contributed by atoms with Gasteiger partial charge >= 0.3 is 11.7 Å². The normalized spacial score (nSPS) is 11.6. The topological polar surface area (TPSA) is 108 Å². The number of aromatic nitrogens is 1. The van der Waals surface area contributed by atoms with E-state index in [0.29, 0.717) is 22.1 Å². The molecule has 0 radical (unpaired) electrons. The lowest BCUT2D eigenvalue weighted by molar-refractivity contribution is -0.144. The Morgan fingerprint density at radius 3 is 2.69 bits per heavy atom. The van der Waals surface area contributed by atoms with E-state index in [-0.39, 0.29) is 23.6 Å². The number of ether oxygens (including phenoxy) is 1. The summed E-state index contributed by atoms with van der Waals surface area (Å²) in [5.74, 6) is -1.34. The molecule has 3 rings (SSSR count). The van der Waals surface area contributed by atoms with Crippen molar-refractivity contribution in [2.75, 3.05) is 11.3 Å². The second kappa shape index (κ2) is 8.42. The van der Waals surface area contributed by atoms with E-state index in [0.717, 1.165) is 10.1 Å². The lowest BCUT2D eigenvalue weighted by atomic mass is 10.2. The molecule has 10 heteroatoms. The van der Waals surface area contributed by atoms with E-state index in [2.05, 4.69) is 20.7 Å². The van der Waals surface area contributed by atoms with E-state index < -0.39 is 21.7 Å². The van der Waals surface area contributed by atoms with Gasteiger partial charge in [-0.25, -0.2) is 13.2 Å². The first-order valence-electron chi connectivity index (χ1n) is 8.79. The molecule has 0 bridgehead atoms. The van der Waals surface area contributed by atoms with Gasteiger partial charge < -0.3 is 9.15 Å². The van der Waals surface area contributed by atoms with Crippen LogP contribution in [0.3, 0.4) is 0 Å². The van der Waals surface area contributed by atoms with Crippen molar-refractivity contribution in [3.05, 3.63) is 57.0 Å². The van der Waals surface area contributed by atoms with Crippen LogP contribution in [0.5, 0.6) is 0 Å². The van der Waals surface area contributed by atoms with Gasteiger partial charge in [0.1, 0.15) is 6.54 Å². The van der Waals surface area contributed by atoms with Gasteiger partial charge in [-0.1, -0.05) is 13.0 Å². The number of benzene rings is 2. The predicted molar refractivity (Wildman–Crippen MR) is 111 cm³/mol. The third kappa shape index (κ3) is 4.70. The number of esters is 1. The minimum Gasteiger partial charge on any atom is -0.464 e. The van der Waals surface area contributed by atoms with Gasteiger partial charge in [0.05, 0.1) is 22.7 Å². The Morgan fingerprint density at radius 1 is 1.24 bits per heavy atom. The molecule has 0 aliphatic heterocycles. The van der Waals surface area contributed by atoms with Gasteiger partial charge in [0.25, 0.3) is 10.0 Å². The minimum atomic E-state index is -3.92. The molecule has 2 aromatic carbocycles. The molecular weight excluding hydrogens is 464 g/mol. The molecule has 29 heavy (non-hydrogen) atoms. The number of nitrogens with one attached hydrogen (secondary N) is 1. The average Bonchev–Trinajstić information content (AvgIpc) is 2.97. The van der Waals surface area contributed by atoms with Gasteiger partial charge in [-0.05, 0) is 59.1 Å². The van der Waals surface area contributed by atoms with E-state index in [1.54, 1.807) is 18.2 Å². The van der Waals surface area contributed by atoms with Crippen molar-refractivity contribution in [1.29, 1.82) is 0 Å². The van der Waals surface area contributed by atoms with Gasteiger partial charge in [0.15, 0.2) is 5.58 Å². The molecule has 1 aromatic heterocycles. The molecule has 0 saturated carbocycles. The van der Waals surface area contributed by atoms with Crippen molar-refractivity contribution in [1.82, 2.24) is 4.57 Å². The molecule has 0 unspecified atom stereocenters. The van der Waals surface area contributed by atoms with Crippen LogP contribution in [0.25, 0.3) is 11.1 Å². The maximum absolute atomic E-state index is 12.7. The smallest absolute Gasteiger partial charge is 0.420 e. The highest BCUT2D eigenvalue weighted by Gasteiger charge is 2.20. The zero-order valence-electron chi connectivity index (χ0n) is 15.8. The first kappa shape index (κ1) is 21.1.